The van der Waals surface area contributed by atoms with Gasteiger partial charge in [0, 0.05) is 36.7 Å². The molecule has 5 rings (SSSR count). The quantitative estimate of drug-likeness (QED) is 0.422. The molecule has 0 aromatic heterocycles. The molecule has 2 aromatic rings. The van der Waals surface area contributed by atoms with E-state index in [0.29, 0.717) is 23.4 Å². The topological polar surface area (TPSA) is 70.2 Å². The van der Waals surface area contributed by atoms with Crippen molar-refractivity contribution in [1.29, 1.82) is 0 Å². The van der Waals surface area contributed by atoms with Crippen LogP contribution in [0, 0.1) is 11.7 Å². The fourth-order valence-corrected chi connectivity index (χ4v) is 8.15. The molecule has 10 heteroatoms. The van der Waals surface area contributed by atoms with Gasteiger partial charge in [-0.05, 0) is 93.8 Å². The minimum absolute atomic E-state index is 0.000279. The molecule has 1 amide bonds. The van der Waals surface area contributed by atoms with Gasteiger partial charge in [0.15, 0.2) is 0 Å². The largest absolute Gasteiger partial charge is 0.448 e. The molecule has 2 aliphatic heterocycles. The smallest absolute Gasteiger partial charge is 0.410 e. The molecular weight excluding hydrogens is 541 g/mol. The number of nitrogens with zero attached hydrogens (tertiary/aromatic N) is 3. The third-order valence-corrected chi connectivity index (χ3v) is 10.3. The second kappa shape index (κ2) is 11.7. The number of halogens is 2. The number of rotatable bonds is 7. The maximum absolute atomic E-state index is 14.2. The zero-order chi connectivity index (χ0) is 27.7. The SMILES string of the molecule is CC1CN(CC2CC2)CC(C)N1C(=O)OC[C@H]1CCC[C@@H](c2cccc(F)c2)N1S(=O)(=O)c1ccc(Cl)cc1. The highest BCUT2D eigenvalue weighted by molar-refractivity contribution is 7.89. The monoisotopic (exact) mass is 577 g/mol. The first-order valence-corrected chi connectivity index (χ1v) is 15.7. The third kappa shape index (κ3) is 6.42. The number of piperidine rings is 1. The predicted octanol–water partition coefficient (Wildman–Crippen LogP) is 5.70. The Kier molecular flexibility index (Phi) is 8.52. The number of benzene rings is 2. The van der Waals surface area contributed by atoms with Crippen LogP contribution < -0.4 is 0 Å². The summed E-state index contributed by atoms with van der Waals surface area (Å²) in [4.78, 5) is 17.6. The van der Waals surface area contributed by atoms with Crippen molar-refractivity contribution in [1.82, 2.24) is 14.1 Å². The van der Waals surface area contributed by atoms with Gasteiger partial charge >= 0.3 is 6.09 Å². The first-order chi connectivity index (χ1) is 18.6. The minimum atomic E-state index is -4.00. The summed E-state index contributed by atoms with van der Waals surface area (Å²) in [6.07, 6.45) is 3.96. The molecule has 1 aliphatic carbocycles. The second-order valence-electron chi connectivity index (χ2n) is 11.3. The van der Waals surface area contributed by atoms with Crippen molar-refractivity contribution in [2.45, 2.75) is 75.0 Å². The molecule has 3 aliphatic rings. The zero-order valence-corrected chi connectivity index (χ0v) is 24.1. The Morgan fingerprint density at radius 3 is 2.36 bits per heavy atom. The zero-order valence-electron chi connectivity index (χ0n) is 22.5. The summed E-state index contributed by atoms with van der Waals surface area (Å²) in [6.45, 7) is 6.69. The molecule has 39 heavy (non-hydrogen) atoms. The fourth-order valence-electron chi connectivity index (χ4n) is 6.18. The van der Waals surface area contributed by atoms with E-state index in [1.165, 1.54) is 53.5 Å². The lowest BCUT2D eigenvalue weighted by atomic mass is 9.93. The lowest BCUT2D eigenvalue weighted by Crippen LogP contribution is -2.59. The molecule has 7 nitrogen and oxygen atoms in total. The van der Waals surface area contributed by atoms with Gasteiger partial charge in [-0.25, -0.2) is 17.6 Å². The maximum Gasteiger partial charge on any atom is 0.410 e. The number of amides is 1. The Morgan fingerprint density at radius 1 is 1.03 bits per heavy atom. The number of carbonyl (C=O) groups excluding carboxylic acids is 1. The standard InChI is InChI=1S/C29H37ClFN3O4S/c1-20-16-32(18-22-9-10-22)17-21(2)33(20)29(35)38-19-26-7-4-8-28(23-5-3-6-25(31)15-23)34(26)39(36,37)27-13-11-24(30)12-14-27/h3,5-6,11-15,20-22,26,28H,4,7-10,16-19H2,1-2H3/t20?,21?,26-,28+/m1/s1. The highest BCUT2D eigenvalue weighted by Crippen LogP contribution is 2.39. The molecule has 2 heterocycles. The normalized spacial score (nSPS) is 26.9. The van der Waals surface area contributed by atoms with Crippen molar-refractivity contribution in [3.63, 3.8) is 0 Å². The van der Waals surface area contributed by atoms with Gasteiger partial charge in [-0.3, -0.25) is 4.90 Å². The summed E-state index contributed by atoms with van der Waals surface area (Å²) in [6, 6.07) is 10.9. The van der Waals surface area contributed by atoms with E-state index >= 15 is 0 Å². The molecule has 212 valence electrons. The van der Waals surface area contributed by atoms with Crippen LogP contribution in [0.5, 0.6) is 0 Å². The van der Waals surface area contributed by atoms with E-state index in [1.807, 2.05) is 13.8 Å². The molecule has 1 saturated carbocycles. The lowest BCUT2D eigenvalue weighted by Gasteiger charge is -2.44. The summed E-state index contributed by atoms with van der Waals surface area (Å²) in [7, 11) is -4.00. The van der Waals surface area contributed by atoms with E-state index in [1.54, 1.807) is 17.0 Å². The van der Waals surface area contributed by atoms with Crippen LogP contribution in [-0.4, -0.2) is 73.0 Å². The van der Waals surface area contributed by atoms with E-state index in [0.717, 1.165) is 32.0 Å². The van der Waals surface area contributed by atoms with Gasteiger partial charge in [0.1, 0.15) is 12.4 Å². The van der Waals surface area contributed by atoms with E-state index in [4.69, 9.17) is 16.3 Å². The van der Waals surface area contributed by atoms with E-state index in [-0.39, 0.29) is 23.6 Å². The lowest BCUT2D eigenvalue weighted by molar-refractivity contribution is 0.0106. The van der Waals surface area contributed by atoms with Crippen molar-refractivity contribution in [3.8, 4) is 0 Å². The minimum Gasteiger partial charge on any atom is -0.448 e. The van der Waals surface area contributed by atoms with Gasteiger partial charge in [-0.1, -0.05) is 23.7 Å². The molecule has 4 atom stereocenters. The van der Waals surface area contributed by atoms with Gasteiger partial charge in [-0.2, -0.15) is 4.31 Å². The molecule has 0 bridgehead atoms. The molecule has 0 N–H and O–H groups in total. The Hall–Kier alpha value is -2.20. The second-order valence-corrected chi connectivity index (χ2v) is 13.6. The van der Waals surface area contributed by atoms with Gasteiger partial charge in [0.05, 0.1) is 17.0 Å². The summed E-state index contributed by atoms with van der Waals surface area (Å²) in [5.41, 5.74) is 0.581. The van der Waals surface area contributed by atoms with Crippen molar-refractivity contribution in [2.75, 3.05) is 26.2 Å². The van der Waals surface area contributed by atoms with E-state index in [2.05, 4.69) is 4.90 Å². The van der Waals surface area contributed by atoms with Crippen molar-refractivity contribution in [2.24, 2.45) is 5.92 Å². The summed E-state index contributed by atoms with van der Waals surface area (Å²) in [5.74, 6) is 0.363. The van der Waals surface area contributed by atoms with Crippen LogP contribution in [0.15, 0.2) is 53.4 Å². The Morgan fingerprint density at radius 2 is 1.72 bits per heavy atom. The van der Waals surface area contributed by atoms with Crippen LogP contribution in [0.3, 0.4) is 0 Å². The summed E-state index contributed by atoms with van der Waals surface area (Å²) < 4.78 is 49.4. The molecule has 0 radical (unpaired) electrons. The van der Waals surface area contributed by atoms with Crippen molar-refractivity contribution in [3.05, 3.63) is 64.9 Å². The van der Waals surface area contributed by atoms with Gasteiger partial charge in [0.2, 0.25) is 10.0 Å². The first-order valence-electron chi connectivity index (χ1n) is 13.9. The average Bonchev–Trinajstić information content (AvgIpc) is 3.71. The highest BCUT2D eigenvalue weighted by Gasteiger charge is 2.42. The van der Waals surface area contributed by atoms with Crippen LogP contribution in [-0.2, 0) is 14.8 Å². The van der Waals surface area contributed by atoms with Gasteiger partial charge in [-0.15, -0.1) is 0 Å². The number of hydrogen-bond acceptors (Lipinski definition) is 5. The molecule has 2 aromatic carbocycles. The first kappa shape index (κ1) is 28.3. The van der Waals surface area contributed by atoms with Crippen molar-refractivity contribution < 1.29 is 22.3 Å². The number of hydrogen-bond donors (Lipinski definition) is 0. The van der Waals surface area contributed by atoms with E-state index < -0.39 is 34.0 Å². The number of sulfonamides is 1. The summed E-state index contributed by atoms with van der Waals surface area (Å²) >= 11 is 6.02. The Labute approximate surface area is 235 Å². The summed E-state index contributed by atoms with van der Waals surface area (Å²) in [5, 5.41) is 0.431. The van der Waals surface area contributed by atoms with Gasteiger partial charge < -0.3 is 9.64 Å². The Bertz CT molecular complexity index is 1260. The third-order valence-electron chi connectivity index (χ3n) is 8.12. The maximum atomic E-state index is 14.2. The van der Waals surface area contributed by atoms with Crippen LogP contribution in [0.25, 0.3) is 0 Å². The van der Waals surface area contributed by atoms with Crippen LogP contribution in [0.4, 0.5) is 9.18 Å². The van der Waals surface area contributed by atoms with Crippen LogP contribution >= 0.6 is 11.6 Å². The number of ether oxygens (including phenoxy) is 1. The highest BCUT2D eigenvalue weighted by atomic mass is 35.5. The molecule has 0 spiro atoms. The van der Waals surface area contributed by atoms with Crippen LogP contribution in [0.1, 0.15) is 57.6 Å². The average molecular weight is 578 g/mol. The fraction of sp³-hybridized carbons (Fsp3) is 0.552. The predicted molar refractivity (Wildman–Crippen MR) is 149 cm³/mol. The molecular formula is C29H37ClFN3O4S. The Balaban J connectivity index is 1.35. The number of carbonyl (C=O) groups is 1. The molecule has 3 fully saturated rings. The van der Waals surface area contributed by atoms with E-state index in [9.17, 15) is 17.6 Å². The molecule has 2 saturated heterocycles. The molecule has 2 unspecified atom stereocenters. The van der Waals surface area contributed by atoms with Crippen molar-refractivity contribution >= 4 is 27.7 Å². The van der Waals surface area contributed by atoms with Crippen LogP contribution in [0.2, 0.25) is 5.02 Å². The van der Waals surface area contributed by atoms with Gasteiger partial charge in [0.25, 0.3) is 0 Å². The number of piperazine rings is 1.